The smallest absolute Gasteiger partial charge is 0.359 e. The molecule has 1 saturated heterocycles. The van der Waals surface area contributed by atoms with Crippen LogP contribution < -0.4 is 10.1 Å². The predicted octanol–water partition coefficient (Wildman–Crippen LogP) is 5.27. The van der Waals surface area contributed by atoms with Gasteiger partial charge in [0, 0.05) is 10.8 Å². The number of hydrogen-bond donors (Lipinski definition) is 2. The Morgan fingerprint density at radius 2 is 1.40 bits per heavy atom. The number of para-hydroxylation sites is 1. The van der Waals surface area contributed by atoms with Crippen LogP contribution in [0.4, 0.5) is 0 Å². The maximum atomic E-state index is 13.8. The summed E-state index contributed by atoms with van der Waals surface area (Å²) in [5.41, 5.74) is 1.56. The number of β-lactam (4-membered cyclic amide) rings is 1. The van der Waals surface area contributed by atoms with Crippen molar-refractivity contribution in [2.45, 2.75) is 36.3 Å². The lowest BCUT2D eigenvalue weighted by atomic mass is 10.0. The van der Waals surface area contributed by atoms with Crippen LogP contribution in [0.25, 0.3) is 0 Å². The van der Waals surface area contributed by atoms with E-state index in [-0.39, 0.29) is 4.90 Å². The average molecular weight is 673 g/mol. The lowest BCUT2D eigenvalue weighted by Gasteiger charge is -2.46. The van der Waals surface area contributed by atoms with E-state index >= 15 is 0 Å². The second-order valence-corrected chi connectivity index (χ2v) is 14.6. The molecule has 47 heavy (non-hydrogen) atoms. The second kappa shape index (κ2) is 14.6. The van der Waals surface area contributed by atoms with Gasteiger partial charge in [0.2, 0.25) is 8.87 Å². The number of amides is 2. The van der Waals surface area contributed by atoms with Gasteiger partial charge >= 0.3 is 5.97 Å². The molecule has 1 aliphatic rings. The summed E-state index contributed by atoms with van der Waals surface area (Å²) in [7, 11) is -3.76. The minimum absolute atomic E-state index is 0.0352. The predicted molar refractivity (Wildman–Crippen MR) is 177 cm³/mol. The second-order valence-electron chi connectivity index (χ2n) is 10.6. The molecule has 1 aliphatic heterocycles. The summed E-state index contributed by atoms with van der Waals surface area (Å²) in [6, 6.07) is 31.1. The van der Waals surface area contributed by atoms with Gasteiger partial charge in [0.05, 0.1) is 4.90 Å². The van der Waals surface area contributed by atoms with Crippen LogP contribution in [0.2, 0.25) is 0 Å². The molecule has 0 spiro atoms. The van der Waals surface area contributed by atoms with E-state index in [1.807, 2.05) is 19.1 Å². The van der Waals surface area contributed by atoms with Crippen molar-refractivity contribution in [1.29, 1.82) is 0 Å². The molecule has 0 aromatic heterocycles. The summed E-state index contributed by atoms with van der Waals surface area (Å²) in [4.78, 5) is 41.1. The molecule has 2 atom stereocenters. The molecule has 1 fully saturated rings. The number of aryl methyl sites for hydroxylation is 1. The minimum Gasteiger partial charge on any atom is -0.510 e. The topological polar surface area (TPSA) is 139 Å². The van der Waals surface area contributed by atoms with Crippen molar-refractivity contribution in [1.82, 2.24) is 10.2 Å². The van der Waals surface area contributed by atoms with Crippen LogP contribution in [0.5, 0.6) is 5.75 Å². The van der Waals surface area contributed by atoms with Crippen LogP contribution in [-0.2, 0) is 28.0 Å². The van der Waals surface area contributed by atoms with E-state index in [9.17, 15) is 27.9 Å². The molecule has 2 amide bonds. The van der Waals surface area contributed by atoms with Crippen molar-refractivity contribution < 1.29 is 37.4 Å². The van der Waals surface area contributed by atoms with E-state index in [0.29, 0.717) is 27.7 Å². The fraction of sp³-hybridized carbons (Fsp3) is 0.171. The molecule has 0 aliphatic carbocycles. The molecule has 5 rings (SSSR count). The number of hydrogen-bond acceptors (Lipinski definition) is 9. The molecule has 242 valence electrons. The van der Waals surface area contributed by atoms with E-state index in [1.165, 1.54) is 19.1 Å². The first kappa shape index (κ1) is 33.3. The molecular formula is C35H32N2O8S2. The molecule has 12 heteroatoms. The van der Waals surface area contributed by atoms with E-state index in [0.717, 1.165) is 10.5 Å². The number of nitrogens with one attached hydrogen (secondary N) is 1. The Labute approximate surface area is 276 Å². The Morgan fingerprint density at radius 3 is 1.94 bits per heavy atom. The van der Waals surface area contributed by atoms with Gasteiger partial charge in [-0.05, 0) is 49.2 Å². The maximum absolute atomic E-state index is 13.8. The number of esters is 1. The molecule has 0 radical (unpaired) electrons. The third kappa shape index (κ3) is 7.84. The molecule has 2 unspecified atom stereocenters. The van der Waals surface area contributed by atoms with Crippen LogP contribution in [0, 0.1) is 6.92 Å². The van der Waals surface area contributed by atoms with E-state index in [4.69, 9.17) is 9.47 Å². The number of allylic oxidation sites excluding steroid dienone is 1. The SMILES string of the molecule is CC(O)=C(C(=O)OC(c1ccccc1)c1ccccc1)N1C(=O)C(NC(=O)COc2ccccc2)C1SS(=O)(=O)c1ccc(C)cc1. The number of ether oxygens (including phenoxy) is 2. The number of nitrogens with zero attached hydrogens (tertiary/aromatic N) is 1. The third-order valence-electron chi connectivity index (χ3n) is 7.21. The van der Waals surface area contributed by atoms with Gasteiger partial charge in [-0.2, -0.15) is 0 Å². The van der Waals surface area contributed by atoms with Gasteiger partial charge in [-0.1, -0.05) is 96.6 Å². The Balaban J connectivity index is 1.44. The quantitative estimate of drug-likeness (QED) is 0.0678. The highest BCUT2D eigenvalue weighted by Crippen LogP contribution is 2.41. The highest BCUT2D eigenvalue weighted by atomic mass is 33.1. The van der Waals surface area contributed by atoms with Gasteiger partial charge in [0.1, 0.15) is 22.9 Å². The van der Waals surface area contributed by atoms with E-state index in [1.54, 1.807) is 91.0 Å². The van der Waals surface area contributed by atoms with Gasteiger partial charge in [-0.25, -0.2) is 13.2 Å². The zero-order chi connectivity index (χ0) is 33.6. The zero-order valence-corrected chi connectivity index (χ0v) is 27.1. The van der Waals surface area contributed by atoms with Crippen molar-refractivity contribution in [2.24, 2.45) is 0 Å². The normalized spacial score (nSPS) is 16.6. The number of carbonyl (C=O) groups excluding carboxylic acids is 3. The molecule has 0 saturated carbocycles. The summed E-state index contributed by atoms with van der Waals surface area (Å²) in [6.07, 6.45) is -0.913. The number of carbonyl (C=O) groups is 3. The zero-order valence-electron chi connectivity index (χ0n) is 25.5. The van der Waals surface area contributed by atoms with Gasteiger partial charge in [-0.3, -0.25) is 14.5 Å². The van der Waals surface area contributed by atoms with Gasteiger partial charge < -0.3 is 19.9 Å². The van der Waals surface area contributed by atoms with E-state index in [2.05, 4.69) is 5.32 Å². The standard InChI is InChI=1S/C35H32N2O8S2/c1-23-18-20-28(21-19-23)47(42,43)46-34-30(36-29(39)22-44-27-16-10-5-11-17-27)33(40)37(34)31(24(2)38)35(41)45-32(25-12-6-3-7-13-25)26-14-8-4-9-15-26/h3-21,30,32,34,38H,22H2,1-2H3,(H,36,39). The maximum Gasteiger partial charge on any atom is 0.359 e. The van der Waals surface area contributed by atoms with Crippen molar-refractivity contribution >= 4 is 37.4 Å². The summed E-state index contributed by atoms with van der Waals surface area (Å²) in [5, 5.41) is 11.9. The highest BCUT2D eigenvalue weighted by molar-refractivity contribution is 8.72. The first-order chi connectivity index (χ1) is 22.5. The first-order valence-electron chi connectivity index (χ1n) is 14.6. The van der Waals surface area contributed by atoms with Crippen molar-refractivity contribution in [3.63, 3.8) is 0 Å². The molecule has 1 heterocycles. The van der Waals surface area contributed by atoms with E-state index < -0.39 is 62.2 Å². The summed E-state index contributed by atoms with van der Waals surface area (Å²) in [5.74, 6) is -2.71. The Kier molecular flexibility index (Phi) is 10.3. The average Bonchev–Trinajstić information content (AvgIpc) is 3.08. The Hall–Kier alpha value is -5.07. The molecule has 4 aromatic rings. The van der Waals surface area contributed by atoms with Crippen molar-refractivity contribution in [2.75, 3.05) is 6.61 Å². The van der Waals surface area contributed by atoms with Crippen molar-refractivity contribution in [3.8, 4) is 5.75 Å². The lowest BCUT2D eigenvalue weighted by Crippen LogP contribution is -2.70. The first-order valence-corrected chi connectivity index (χ1v) is 17.4. The summed E-state index contributed by atoms with van der Waals surface area (Å²) in [6.45, 7) is 2.55. The number of aliphatic hydroxyl groups excluding tert-OH is 1. The fourth-order valence-corrected chi connectivity index (χ4v) is 8.34. The number of likely N-dealkylation sites (tertiary alicyclic amines) is 1. The molecule has 2 N–H and O–H groups in total. The largest absolute Gasteiger partial charge is 0.510 e. The monoisotopic (exact) mass is 672 g/mol. The van der Waals surface area contributed by atoms with Crippen LogP contribution in [-0.4, -0.2) is 54.2 Å². The number of benzene rings is 4. The van der Waals surface area contributed by atoms with Gasteiger partial charge in [0.25, 0.3) is 11.8 Å². The van der Waals surface area contributed by atoms with Crippen LogP contribution >= 0.6 is 10.8 Å². The summed E-state index contributed by atoms with van der Waals surface area (Å²) < 4.78 is 38.5. The van der Waals surface area contributed by atoms with Crippen molar-refractivity contribution in [3.05, 3.63) is 143 Å². The molecule has 0 bridgehead atoms. The van der Waals surface area contributed by atoms with Crippen LogP contribution in [0.1, 0.15) is 29.7 Å². The Morgan fingerprint density at radius 1 is 0.872 bits per heavy atom. The van der Waals surface area contributed by atoms with Gasteiger partial charge in [0.15, 0.2) is 18.4 Å². The van der Waals surface area contributed by atoms with Crippen LogP contribution in [0.3, 0.4) is 0 Å². The lowest BCUT2D eigenvalue weighted by molar-refractivity contribution is -0.155. The van der Waals surface area contributed by atoms with Gasteiger partial charge in [-0.15, -0.1) is 0 Å². The number of rotatable bonds is 12. The fourth-order valence-electron chi connectivity index (χ4n) is 4.87. The number of aliphatic hydroxyl groups is 1. The highest BCUT2D eigenvalue weighted by Gasteiger charge is 2.55. The third-order valence-corrected chi connectivity index (χ3v) is 10.9. The molecule has 10 nitrogen and oxygen atoms in total. The Bertz CT molecular complexity index is 1820. The molecular weight excluding hydrogens is 641 g/mol. The van der Waals surface area contributed by atoms with Crippen LogP contribution in [0.15, 0.2) is 132 Å². The summed E-state index contributed by atoms with van der Waals surface area (Å²) >= 11 is 0. The molecule has 4 aromatic carbocycles. The minimum atomic E-state index is -4.13.